The largest absolute Gasteiger partial charge is 0.421 e. The fourth-order valence-corrected chi connectivity index (χ4v) is 2.96. The molecule has 4 aromatic rings. The van der Waals surface area contributed by atoms with Gasteiger partial charge in [-0.2, -0.15) is 5.10 Å². The van der Waals surface area contributed by atoms with Gasteiger partial charge in [0.15, 0.2) is 0 Å². The number of aromatic nitrogens is 2. The van der Waals surface area contributed by atoms with Crippen molar-refractivity contribution in [2.45, 2.75) is 13.0 Å². The molecule has 7 heteroatoms. The summed E-state index contributed by atoms with van der Waals surface area (Å²) in [5.74, 6) is -0.549. The van der Waals surface area contributed by atoms with Crippen molar-refractivity contribution in [1.29, 1.82) is 0 Å². The van der Waals surface area contributed by atoms with Gasteiger partial charge < -0.3 is 9.73 Å². The average molecular weight is 387 g/mol. The fraction of sp³-hybridized carbons (Fsp3) is 0.0909. The number of hydrogen-bond acceptors (Lipinski definition) is 5. The van der Waals surface area contributed by atoms with E-state index in [1.54, 1.807) is 43.3 Å². The second kappa shape index (κ2) is 7.55. The first-order valence-electron chi connectivity index (χ1n) is 9.02. The van der Waals surface area contributed by atoms with E-state index < -0.39 is 23.1 Å². The molecule has 0 unspecified atom stereocenters. The molecule has 0 bridgehead atoms. The van der Waals surface area contributed by atoms with Crippen LogP contribution < -0.4 is 16.5 Å². The lowest BCUT2D eigenvalue weighted by Gasteiger charge is -2.14. The summed E-state index contributed by atoms with van der Waals surface area (Å²) in [7, 11) is 0. The van der Waals surface area contributed by atoms with E-state index in [0.717, 1.165) is 10.2 Å². The Balaban J connectivity index is 1.64. The number of hydrogen-bond donors (Lipinski definition) is 1. The molecule has 0 fully saturated rings. The summed E-state index contributed by atoms with van der Waals surface area (Å²) < 4.78 is 6.32. The second-order valence-corrected chi connectivity index (χ2v) is 6.52. The summed E-state index contributed by atoms with van der Waals surface area (Å²) in [4.78, 5) is 37.2. The van der Waals surface area contributed by atoms with Crippen molar-refractivity contribution >= 4 is 22.6 Å². The second-order valence-electron chi connectivity index (χ2n) is 6.52. The number of nitrogens with zero attached hydrogens (tertiary/aromatic N) is 2. The van der Waals surface area contributed by atoms with Crippen molar-refractivity contribution in [3.05, 3.63) is 93.6 Å². The normalized spacial score (nSPS) is 11.9. The van der Waals surface area contributed by atoms with Gasteiger partial charge >= 0.3 is 5.63 Å². The number of nitrogens with one attached hydrogen (secondary N) is 1. The minimum Gasteiger partial charge on any atom is -0.421 e. The standard InChI is InChI=1S/C22H17N3O4/c1-14(25-20(26)12-11-17(24-25)15-7-3-2-4-8-15)21(27)23-18-13-16-9-5-6-10-19(16)29-22(18)28/h2-14H,1H3,(H,23,27)/t14-/m0/s1. The third-order valence-corrected chi connectivity index (χ3v) is 4.54. The smallest absolute Gasteiger partial charge is 0.360 e. The first kappa shape index (κ1) is 18.4. The van der Waals surface area contributed by atoms with Gasteiger partial charge in [-0.3, -0.25) is 9.59 Å². The molecule has 2 aromatic carbocycles. The minimum absolute atomic E-state index is 0.00723. The Morgan fingerprint density at radius 2 is 1.72 bits per heavy atom. The molecule has 0 saturated heterocycles. The van der Waals surface area contributed by atoms with Crippen LogP contribution in [0.4, 0.5) is 5.69 Å². The zero-order valence-corrected chi connectivity index (χ0v) is 15.5. The van der Waals surface area contributed by atoms with Crippen LogP contribution in [0.25, 0.3) is 22.2 Å². The maximum atomic E-state index is 12.7. The van der Waals surface area contributed by atoms with Crippen molar-refractivity contribution < 1.29 is 9.21 Å². The van der Waals surface area contributed by atoms with Crippen LogP contribution in [0.15, 0.2) is 86.8 Å². The van der Waals surface area contributed by atoms with Crippen LogP contribution in [0.1, 0.15) is 13.0 Å². The Morgan fingerprint density at radius 1 is 1.00 bits per heavy atom. The number of carbonyl (C=O) groups excluding carboxylic acids is 1. The predicted octanol–water partition coefficient (Wildman–Crippen LogP) is 3.22. The van der Waals surface area contributed by atoms with E-state index in [0.29, 0.717) is 16.7 Å². The van der Waals surface area contributed by atoms with E-state index in [1.165, 1.54) is 6.07 Å². The van der Waals surface area contributed by atoms with Gasteiger partial charge in [0.05, 0.1) is 5.69 Å². The van der Waals surface area contributed by atoms with Crippen molar-refractivity contribution in [1.82, 2.24) is 9.78 Å². The zero-order chi connectivity index (χ0) is 20.4. The first-order valence-corrected chi connectivity index (χ1v) is 9.02. The van der Waals surface area contributed by atoms with E-state index in [1.807, 2.05) is 30.3 Å². The maximum absolute atomic E-state index is 12.7. The van der Waals surface area contributed by atoms with Crippen LogP contribution in [-0.2, 0) is 4.79 Å². The van der Waals surface area contributed by atoms with Crippen molar-refractivity contribution in [2.24, 2.45) is 0 Å². The minimum atomic E-state index is -0.933. The molecule has 0 spiro atoms. The van der Waals surface area contributed by atoms with Gasteiger partial charge in [-0.1, -0.05) is 48.5 Å². The van der Waals surface area contributed by atoms with Crippen LogP contribution >= 0.6 is 0 Å². The number of carbonyl (C=O) groups is 1. The van der Waals surface area contributed by atoms with Gasteiger partial charge in [0, 0.05) is 17.0 Å². The number of anilines is 1. The van der Waals surface area contributed by atoms with Gasteiger partial charge in [-0.05, 0) is 25.1 Å². The monoisotopic (exact) mass is 387 g/mol. The van der Waals surface area contributed by atoms with E-state index in [4.69, 9.17) is 4.42 Å². The Bertz CT molecular complexity index is 1310. The van der Waals surface area contributed by atoms with Gasteiger partial charge in [-0.15, -0.1) is 0 Å². The van der Waals surface area contributed by atoms with Gasteiger partial charge in [0.2, 0.25) is 5.91 Å². The maximum Gasteiger partial charge on any atom is 0.360 e. The molecule has 2 heterocycles. The molecule has 7 nitrogen and oxygen atoms in total. The molecule has 0 aliphatic rings. The molecule has 29 heavy (non-hydrogen) atoms. The summed E-state index contributed by atoms with van der Waals surface area (Å²) in [5, 5.41) is 7.54. The summed E-state index contributed by atoms with van der Waals surface area (Å²) in [6.07, 6.45) is 0. The Hall–Kier alpha value is -4.00. The highest BCUT2D eigenvalue weighted by Crippen LogP contribution is 2.17. The Kier molecular flexibility index (Phi) is 4.78. The lowest BCUT2D eigenvalue weighted by Crippen LogP contribution is -2.34. The molecule has 144 valence electrons. The van der Waals surface area contributed by atoms with Gasteiger partial charge in [0.25, 0.3) is 5.56 Å². The zero-order valence-electron chi connectivity index (χ0n) is 15.5. The topological polar surface area (TPSA) is 94.2 Å². The highest BCUT2D eigenvalue weighted by Gasteiger charge is 2.20. The van der Waals surface area contributed by atoms with Crippen molar-refractivity contribution in [2.75, 3.05) is 5.32 Å². The third-order valence-electron chi connectivity index (χ3n) is 4.54. The molecular formula is C22H17N3O4. The lowest BCUT2D eigenvalue weighted by atomic mass is 10.1. The molecule has 0 aliphatic heterocycles. The van der Waals surface area contributed by atoms with Crippen LogP contribution in [0.3, 0.4) is 0 Å². The van der Waals surface area contributed by atoms with Gasteiger partial charge in [0.1, 0.15) is 17.3 Å². The van der Waals surface area contributed by atoms with Crippen molar-refractivity contribution in [3.8, 4) is 11.3 Å². The van der Waals surface area contributed by atoms with E-state index >= 15 is 0 Å². The quantitative estimate of drug-likeness (QED) is 0.543. The number of benzene rings is 2. The number of amides is 1. The van der Waals surface area contributed by atoms with Crippen LogP contribution in [0, 0.1) is 0 Å². The molecular weight excluding hydrogens is 370 g/mol. The Morgan fingerprint density at radius 3 is 2.52 bits per heavy atom. The number of fused-ring (bicyclic) bond motifs is 1. The summed E-state index contributed by atoms with van der Waals surface area (Å²) in [6, 6.07) is 19.9. The molecule has 1 amide bonds. The highest BCUT2D eigenvalue weighted by atomic mass is 16.4. The van der Waals surface area contributed by atoms with E-state index in [2.05, 4.69) is 10.4 Å². The molecule has 0 radical (unpaired) electrons. The van der Waals surface area contributed by atoms with Crippen LogP contribution in [-0.4, -0.2) is 15.7 Å². The van der Waals surface area contributed by atoms with Crippen LogP contribution in [0.2, 0.25) is 0 Å². The SMILES string of the molecule is C[C@@H](C(=O)Nc1cc2ccccc2oc1=O)n1nc(-c2ccccc2)ccc1=O. The van der Waals surface area contributed by atoms with E-state index in [-0.39, 0.29) is 5.69 Å². The summed E-state index contributed by atoms with van der Waals surface area (Å²) in [5.41, 5.74) is 0.740. The lowest BCUT2D eigenvalue weighted by molar-refractivity contribution is -0.119. The highest BCUT2D eigenvalue weighted by molar-refractivity contribution is 5.94. The number of rotatable bonds is 4. The van der Waals surface area contributed by atoms with Crippen LogP contribution in [0.5, 0.6) is 0 Å². The third kappa shape index (κ3) is 3.70. The van der Waals surface area contributed by atoms with E-state index in [9.17, 15) is 14.4 Å². The molecule has 1 N–H and O–H groups in total. The fourth-order valence-electron chi connectivity index (χ4n) is 2.96. The predicted molar refractivity (Wildman–Crippen MR) is 110 cm³/mol. The molecule has 0 aliphatic carbocycles. The van der Waals surface area contributed by atoms with Gasteiger partial charge in [-0.25, -0.2) is 9.48 Å². The molecule has 1 atom stereocenters. The molecule has 0 saturated carbocycles. The summed E-state index contributed by atoms with van der Waals surface area (Å²) in [6.45, 7) is 1.54. The summed E-state index contributed by atoms with van der Waals surface area (Å²) >= 11 is 0. The van der Waals surface area contributed by atoms with Crippen molar-refractivity contribution in [3.63, 3.8) is 0 Å². The molecule has 4 rings (SSSR count). The first-order chi connectivity index (χ1) is 14.0. The number of para-hydroxylation sites is 1. The Labute approximate surface area is 165 Å². The average Bonchev–Trinajstić information content (AvgIpc) is 2.74. The molecule has 2 aromatic heterocycles.